The molecular weight excluding hydrogens is 269 g/mol. The monoisotopic (exact) mass is 281 g/mol. The summed E-state index contributed by atoms with van der Waals surface area (Å²) in [7, 11) is 0.293. The molecule has 1 aromatic rings. The molecule has 0 aliphatic rings. The van der Waals surface area contributed by atoms with Crippen molar-refractivity contribution in [2.75, 3.05) is 19.5 Å². The van der Waals surface area contributed by atoms with E-state index in [0.717, 1.165) is 0 Å². The summed E-state index contributed by atoms with van der Waals surface area (Å²) in [5, 5.41) is 0.945. The minimum absolute atomic E-state index is 0.277. The van der Waals surface area contributed by atoms with E-state index in [-0.39, 0.29) is 6.04 Å². The third-order valence-corrected chi connectivity index (χ3v) is 4.12. The third-order valence-electron chi connectivity index (χ3n) is 1.88. The van der Waals surface area contributed by atoms with Crippen LogP contribution in [0.3, 0.4) is 0 Å². The molecule has 90 valence electrons. The molecule has 0 fully saturated rings. The summed E-state index contributed by atoms with van der Waals surface area (Å²) in [6.07, 6.45) is 0. The van der Waals surface area contributed by atoms with Crippen LogP contribution in [0.2, 0.25) is 10.0 Å². The Balaban J connectivity index is 2.76. The largest absolute Gasteiger partial charge is 0.383 e. The van der Waals surface area contributed by atoms with Crippen LogP contribution < -0.4 is 5.73 Å². The minimum atomic E-state index is -1.26. The molecule has 0 bridgehead atoms. The van der Waals surface area contributed by atoms with Gasteiger partial charge in [0.05, 0.1) is 27.3 Å². The molecule has 0 heterocycles. The predicted molar refractivity (Wildman–Crippen MR) is 67.6 cm³/mol. The summed E-state index contributed by atoms with van der Waals surface area (Å²) >= 11 is 11.7. The first kappa shape index (κ1) is 13.9. The van der Waals surface area contributed by atoms with E-state index in [1.807, 2.05) is 0 Å². The van der Waals surface area contributed by atoms with E-state index in [2.05, 4.69) is 0 Å². The third kappa shape index (κ3) is 4.03. The van der Waals surface area contributed by atoms with E-state index in [1.165, 1.54) is 0 Å². The van der Waals surface area contributed by atoms with Crippen molar-refractivity contribution in [1.29, 1.82) is 0 Å². The Hall–Kier alpha value is -0.130. The Morgan fingerprint density at radius 2 is 2.19 bits per heavy atom. The number of hydrogen-bond acceptors (Lipinski definition) is 3. The second kappa shape index (κ2) is 6.57. The average Bonchev–Trinajstić information content (AvgIpc) is 2.21. The lowest BCUT2D eigenvalue weighted by Gasteiger charge is -2.11. The molecule has 0 aromatic heterocycles. The first-order valence-corrected chi connectivity index (χ1v) is 6.70. The van der Waals surface area contributed by atoms with Crippen LogP contribution in [0.25, 0.3) is 0 Å². The Morgan fingerprint density at radius 1 is 1.50 bits per heavy atom. The van der Waals surface area contributed by atoms with Crippen LogP contribution in [0.15, 0.2) is 23.1 Å². The van der Waals surface area contributed by atoms with Gasteiger partial charge in [-0.15, -0.1) is 0 Å². The molecule has 0 spiro atoms. The van der Waals surface area contributed by atoms with E-state index in [1.54, 1.807) is 25.3 Å². The maximum Gasteiger partial charge on any atom is 0.0622 e. The molecule has 0 saturated heterocycles. The molecule has 6 heteroatoms. The Labute approximate surface area is 107 Å². The maximum absolute atomic E-state index is 11.9. The van der Waals surface area contributed by atoms with Gasteiger partial charge in [0, 0.05) is 23.9 Å². The molecular formula is C10H13Cl2NO2S. The van der Waals surface area contributed by atoms with Crippen molar-refractivity contribution >= 4 is 34.0 Å². The van der Waals surface area contributed by atoms with Crippen LogP contribution in [0.4, 0.5) is 0 Å². The highest BCUT2D eigenvalue weighted by atomic mass is 35.5. The van der Waals surface area contributed by atoms with Gasteiger partial charge in [0.15, 0.2) is 0 Å². The number of methoxy groups -OCH3 is 1. The van der Waals surface area contributed by atoms with E-state index in [0.29, 0.717) is 27.3 Å². The molecule has 0 saturated carbocycles. The molecule has 1 rings (SSSR count). The van der Waals surface area contributed by atoms with Crippen LogP contribution >= 0.6 is 23.2 Å². The quantitative estimate of drug-likeness (QED) is 0.899. The van der Waals surface area contributed by atoms with Gasteiger partial charge < -0.3 is 10.5 Å². The minimum Gasteiger partial charge on any atom is -0.383 e. The van der Waals surface area contributed by atoms with Crippen molar-refractivity contribution < 1.29 is 8.95 Å². The van der Waals surface area contributed by atoms with Gasteiger partial charge in [-0.05, 0) is 18.2 Å². The Bertz CT molecular complexity index is 387. The van der Waals surface area contributed by atoms with Crippen molar-refractivity contribution in [3.8, 4) is 0 Å². The second-order valence-corrected chi connectivity index (χ2v) is 5.61. The fraction of sp³-hybridized carbons (Fsp3) is 0.400. The number of halogens is 2. The highest BCUT2D eigenvalue weighted by Gasteiger charge is 2.13. The van der Waals surface area contributed by atoms with Gasteiger partial charge in [0.1, 0.15) is 0 Å². The fourth-order valence-corrected chi connectivity index (χ4v) is 3.02. The van der Waals surface area contributed by atoms with Crippen LogP contribution in [-0.4, -0.2) is 29.7 Å². The summed E-state index contributed by atoms with van der Waals surface area (Å²) in [5.74, 6) is 0.300. The zero-order valence-electron chi connectivity index (χ0n) is 8.78. The first-order valence-electron chi connectivity index (χ1n) is 4.62. The van der Waals surface area contributed by atoms with Crippen molar-refractivity contribution in [3.05, 3.63) is 28.2 Å². The van der Waals surface area contributed by atoms with Crippen LogP contribution in [0.1, 0.15) is 0 Å². The summed E-state index contributed by atoms with van der Waals surface area (Å²) in [5.41, 5.74) is 5.72. The van der Waals surface area contributed by atoms with Gasteiger partial charge >= 0.3 is 0 Å². The lowest BCUT2D eigenvalue weighted by atomic mass is 10.4. The van der Waals surface area contributed by atoms with E-state index in [4.69, 9.17) is 33.7 Å². The average molecular weight is 282 g/mol. The smallest absolute Gasteiger partial charge is 0.0622 e. The predicted octanol–water partition coefficient (Wildman–Crippen LogP) is 2.07. The van der Waals surface area contributed by atoms with Gasteiger partial charge in [-0.25, -0.2) is 0 Å². The normalized spacial score (nSPS) is 14.8. The number of nitrogens with two attached hydrogens (primary N) is 1. The van der Waals surface area contributed by atoms with Crippen LogP contribution in [0.5, 0.6) is 0 Å². The molecule has 0 aliphatic carbocycles. The van der Waals surface area contributed by atoms with Gasteiger partial charge in [-0.2, -0.15) is 0 Å². The zero-order valence-corrected chi connectivity index (χ0v) is 11.1. The topological polar surface area (TPSA) is 52.3 Å². The van der Waals surface area contributed by atoms with Crippen LogP contribution in [0, 0.1) is 0 Å². The number of ether oxygens (including phenoxy) is 1. The Kier molecular flexibility index (Phi) is 5.72. The van der Waals surface area contributed by atoms with E-state index < -0.39 is 10.8 Å². The number of benzene rings is 1. The van der Waals surface area contributed by atoms with E-state index >= 15 is 0 Å². The van der Waals surface area contributed by atoms with Crippen LogP contribution in [-0.2, 0) is 15.5 Å². The maximum atomic E-state index is 11.9. The molecule has 2 N–H and O–H groups in total. The van der Waals surface area contributed by atoms with Gasteiger partial charge in [-0.1, -0.05) is 23.2 Å². The second-order valence-electron chi connectivity index (χ2n) is 3.30. The lowest BCUT2D eigenvalue weighted by molar-refractivity contribution is 0.186. The fourth-order valence-electron chi connectivity index (χ4n) is 1.20. The summed E-state index contributed by atoms with van der Waals surface area (Å²) in [6.45, 7) is 0.365. The summed E-state index contributed by atoms with van der Waals surface area (Å²) in [6, 6.07) is 4.60. The molecule has 2 atom stereocenters. The summed E-state index contributed by atoms with van der Waals surface area (Å²) in [4.78, 5) is 0.515. The van der Waals surface area contributed by atoms with E-state index in [9.17, 15) is 4.21 Å². The number of rotatable bonds is 5. The van der Waals surface area contributed by atoms with Crippen molar-refractivity contribution in [3.63, 3.8) is 0 Å². The molecule has 3 nitrogen and oxygen atoms in total. The SMILES string of the molecule is COCC(N)CS(=O)c1cc(Cl)ccc1Cl. The molecule has 1 aromatic carbocycles. The molecule has 2 unspecified atom stereocenters. The molecule has 0 aliphatic heterocycles. The van der Waals surface area contributed by atoms with Crippen molar-refractivity contribution in [2.24, 2.45) is 5.73 Å². The van der Waals surface area contributed by atoms with Crippen molar-refractivity contribution in [1.82, 2.24) is 0 Å². The van der Waals surface area contributed by atoms with Gasteiger partial charge in [0.25, 0.3) is 0 Å². The molecule has 0 amide bonds. The van der Waals surface area contributed by atoms with Gasteiger partial charge in [-0.3, -0.25) is 4.21 Å². The first-order chi connectivity index (χ1) is 7.54. The lowest BCUT2D eigenvalue weighted by Crippen LogP contribution is -2.31. The highest BCUT2D eigenvalue weighted by Crippen LogP contribution is 2.23. The Morgan fingerprint density at radius 3 is 2.81 bits per heavy atom. The highest BCUT2D eigenvalue weighted by molar-refractivity contribution is 7.85. The standard InChI is InChI=1S/C10H13Cl2NO2S/c1-15-5-8(13)6-16(14)10-4-7(11)2-3-9(10)12/h2-4,8H,5-6,13H2,1H3. The summed E-state index contributed by atoms with van der Waals surface area (Å²) < 4.78 is 16.8. The number of hydrogen-bond donors (Lipinski definition) is 1. The molecule has 16 heavy (non-hydrogen) atoms. The molecule has 0 radical (unpaired) electrons. The van der Waals surface area contributed by atoms with Gasteiger partial charge in [0.2, 0.25) is 0 Å². The zero-order chi connectivity index (χ0) is 12.1. The van der Waals surface area contributed by atoms with Crippen molar-refractivity contribution in [2.45, 2.75) is 10.9 Å².